The van der Waals surface area contributed by atoms with Crippen molar-refractivity contribution in [3.63, 3.8) is 0 Å². The summed E-state index contributed by atoms with van der Waals surface area (Å²) in [6.07, 6.45) is -1.08. The van der Waals surface area contributed by atoms with Gasteiger partial charge in [0.05, 0.1) is 123 Å². The van der Waals surface area contributed by atoms with Gasteiger partial charge in [-0.25, -0.2) is 0 Å². The number of fused-ring (bicyclic) bond motifs is 6. The highest BCUT2D eigenvalue weighted by Gasteiger charge is 2.46. The molecule has 4 aliphatic heterocycles. The zero-order valence-corrected chi connectivity index (χ0v) is 56.0. The van der Waals surface area contributed by atoms with Crippen LogP contribution in [0.4, 0.5) is 17.1 Å². The van der Waals surface area contributed by atoms with Crippen molar-refractivity contribution in [3.05, 3.63) is 113 Å². The summed E-state index contributed by atoms with van der Waals surface area (Å²) in [5, 5.41) is 48.1. The molecule has 0 aliphatic carbocycles. The van der Waals surface area contributed by atoms with Gasteiger partial charge in [0.15, 0.2) is 0 Å². The molecule has 7 N–H and O–H groups in total. The second-order valence-electron chi connectivity index (χ2n) is 24.2. The van der Waals surface area contributed by atoms with Gasteiger partial charge < -0.3 is 93.4 Å². The molecule has 3 amide bonds. The molecule has 518 valence electrons. The van der Waals surface area contributed by atoms with Crippen molar-refractivity contribution in [1.82, 2.24) is 0 Å². The molecule has 0 saturated carbocycles. The maximum Gasteiger partial charge on any atom is 0.251 e. The number of aliphatic hydroxyl groups excluding tert-OH is 4. The first-order chi connectivity index (χ1) is 46.2. The van der Waals surface area contributed by atoms with Crippen LogP contribution < -0.4 is 30.3 Å². The molecule has 4 aliphatic rings. The van der Waals surface area contributed by atoms with E-state index in [1.54, 1.807) is 52.3 Å². The van der Waals surface area contributed by atoms with Gasteiger partial charge in [-0.05, 0) is 69.5 Å². The Morgan fingerprint density at radius 3 is 1.52 bits per heavy atom. The number of hydrogen-bond acceptors (Lipinski definition) is 19. The van der Waals surface area contributed by atoms with Gasteiger partial charge in [0.25, 0.3) is 11.8 Å². The fourth-order valence-corrected chi connectivity index (χ4v) is 13.0. The second kappa shape index (κ2) is 36.6. The number of hydrogen-bond donors (Lipinski definition) is 6. The van der Waals surface area contributed by atoms with Crippen LogP contribution in [0.25, 0.3) is 33.7 Å². The summed E-state index contributed by atoms with van der Waals surface area (Å²) in [4.78, 5) is 46.3. The largest absolute Gasteiger partial charge is 0.464 e. The predicted molar refractivity (Wildman–Crippen MR) is 364 cm³/mol. The molecule has 0 unspecified atom stereocenters. The number of nitrogens with zero attached hydrogens (tertiary/aromatic N) is 2. The topological polar surface area (TPSA) is 278 Å². The molecular formula is C71H92Cl2N4O18. The number of carbonyl (C=O) groups excluding carboxylic acids is 3. The van der Waals surface area contributed by atoms with E-state index in [-0.39, 0.29) is 86.0 Å². The van der Waals surface area contributed by atoms with Crippen molar-refractivity contribution in [2.45, 2.75) is 95.5 Å². The van der Waals surface area contributed by atoms with Crippen molar-refractivity contribution < 1.29 is 86.9 Å². The highest BCUT2D eigenvalue weighted by atomic mass is 35.5. The smallest absolute Gasteiger partial charge is 0.251 e. The normalized spacial score (nSPS) is 24.3. The third kappa shape index (κ3) is 18.7. The summed E-state index contributed by atoms with van der Waals surface area (Å²) in [6, 6.07) is 24.2. The predicted octanol–water partition coefficient (Wildman–Crippen LogP) is 7.76. The van der Waals surface area contributed by atoms with Gasteiger partial charge in [0.2, 0.25) is 18.5 Å². The van der Waals surface area contributed by atoms with Crippen LogP contribution in [0.15, 0.2) is 91.0 Å². The van der Waals surface area contributed by atoms with Crippen LogP contribution in [0.5, 0.6) is 11.5 Å². The number of ether oxygens (including phenoxy) is 11. The van der Waals surface area contributed by atoms with Gasteiger partial charge in [-0.2, -0.15) is 0 Å². The Balaban J connectivity index is 0.869. The lowest BCUT2D eigenvalue weighted by molar-refractivity contribution is -0.277. The van der Waals surface area contributed by atoms with Crippen LogP contribution in [-0.2, 0) is 57.0 Å². The quantitative estimate of drug-likeness (QED) is 0.0127. The SMILES string of the molecule is CC[C@H]1O[C@@H](Oc2cc3c(c4ccccc24)[C@H](CCl)CN3C(=O)/C=C/c2ccc(/C=C/C(=O)N3C[C@@H](CCl)c4c3cc(O[C@@H]3O[C@H](CO)[C@H](O)[C@H](O)[C@H]3O)c3ccccc43)cc2NC(=O)CCOCCOCCOCCOCCOCCOCCOCCN)[C@H](C)[C@@H](C)[C@H]1C. The number of nitrogens with one attached hydrogen (secondary N) is 1. The lowest BCUT2D eigenvalue weighted by Gasteiger charge is -2.43. The third-order valence-electron chi connectivity index (χ3n) is 18.0. The van der Waals surface area contributed by atoms with E-state index in [1.165, 1.54) is 12.2 Å². The van der Waals surface area contributed by atoms with Crippen LogP contribution in [-0.4, -0.2) is 212 Å². The fourth-order valence-electron chi connectivity index (χ4n) is 12.5. The first-order valence-electron chi connectivity index (χ1n) is 32.9. The van der Waals surface area contributed by atoms with E-state index in [1.807, 2.05) is 48.5 Å². The summed E-state index contributed by atoms with van der Waals surface area (Å²) in [6.45, 7) is 14.6. The number of alkyl halides is 2. The van der Waals surface area contributed by atoms with E-state index < -0.39 is 49.5 Å². The average molecular weight is 1360 g/mol. The Morgan fingerprint density at radius 1 is 0.568 bits per heavy atom. The van der Waals surface area contributed by atoms with Crippen molar-refractivity contribution in [2.24, 2.45) is 23.5 Å². The van der Waals surface area contributed by atoms with Gasteiger partial charge in [-0.1, -0.05) is 88.4 Å². The molecule has 0 aromatic heterocycles. The highest BCUT2D eigenvalue weighted by Crippen LogP contribution is 2.49. The van der Waals surface area contributed by atoms with E-state index in [0.717, 1.165) is 33.7 Å². The summed E-state index contributed by atoms with van der Waals surface area (Å²) < 4.78 is 64.2. The number of carbonyl (C=O) groups is 3. The number of rotatable bonds is 36. The minimum atomic E-state index is -1.68. The number of halogens is 2. The van der Waals surface area contributed by atoms with E-state index in [0.29, 0.717) is 137 Å². The third-order valence-corrected chi connectivity index (χ3v) is 18.8. The Morgan fingerprint density at radius 2 is 1.03 bits per heavy atom. The highest BCUT2D eigenvalue weighted by molar-refractivity contribution is 6.20. The molecule has 0 bridgehead atoms. The van der Waals surface area contributed by atoms with Crippen molar-refractivity contribution in [3.8, 4) is 11.5 Å². The van der Waals surface area contributed by atoms with E-state index >= 15 is 0 Å². The van der Waals surface area contributed by atoms with Crippen molar-refractivity contribution >= 4 is 91.7 Å². The number of amides is 3. The summed E-state index contributed by atoms with van der Waals surface area (Å²) in [7, 11) is 0. The molecule has 24 heteroatoms. The van der Waals surface area contributed by atoms with Crippen molar-refractivity contribution in [1.29, 1.82) is 0 Å². The van der Waals surface area contributed by atoms with Gasteiger partial charge in [-0.3, -0.25) is 14.4 Å². The van der Waals surface area contributed by atoms with E-state index in [2.05, 4.69) is 33.0 Å². The van der Waals surface area contributed by atoms with Crippen LogP contribution in [0.2, 0.25) is 0 Å². The van der Waals surface area contributed by atoms with Gasteiger partial charge in [-0.15, -0.1) is 23.2 Å². The molecule has 2 fully saturated rings. The maximum atomic E-state index is 14.7. The molecule has 2 saturated heterocycles. The number of anilines is 3. The van der Waals surface area contributed by atoms with Gasteiger partial charge in [0.1, 0.15) is 35.9 Å². The zero-order valence-electron chi connectivity index (χ0n) is 54.5. The summed E-state index contributed by atoms with van der Waals surface area (Å²) in [5.41, 5.74) is 9.77. The van der Waals surface area contributed by atoms with Crippen LogP contribution in [0.1, 0.15) is 74.6 Å². The molecule has 4 heterocycles. The van der Waals surface area contributed by atoms with Crippen LogP contribution >= 0.6 is 23.2 Å². The Kier molecular flexibility index (Phi) is 28.3. The number of benzene rings is 5. The fraction of sp³-hybridized carbons (Fsp3) is 0.535. The second-order valence-corrected chi connectivity index (χ2v) is 24.8. The lowest BCUT2D eigenvalue weighted by atomic mass is 9.78. The Bertz CT molecular complexity index is 3370. The Hall–Kier alpha value is -5.87. The first kappa shape index (κ1) is 73.4. The van der Waals surface area contributed by atoms with Crippen LogP contribution in [0.3, 0.4) is 0 Å². The summed E-state index contributed by atoms with van der Waals surface area (Å²) in [5.74, 6) is 0.570. The molecular weight excluding hydrogens is 1270 g/mol. The van der Waals surface area contributed by atoms with Gasteiger partial charge in [0, 0.05) is 89.9 Å². The number of nitrogens with two attached hydrogens (primary N) is 1. The monoisotopic (exact) mass is 1360 g/mol. The van der Waals surface area contributed by atoms with E-state index in [9.17, 15) is 34.8 Å². The maximum absolute atomic E-state index is 14.7. The molecule has 0 radical (unpaired) electrons. The average Bonchev–Trinajstić information content (AvgIpc) is 1.65. The van der Waals surface area contributed by atoms with E-state index in [4.69, 9.17) is 81.0 Å². The lowest BCUT2D eigenvalue weighted by Crippen LogP contribution is -2.60. The molecule has 95 heavy (non-hydrogen) atoms. The van der Waals surface area contributed by atoms with Crippen molar-refractivity contribution in [2.75, 3.05) is 146 Å². The Labute approximate surface area is 565 Å². The van der Waals surface area contributed by atoms with Crippen LogP contribution in [0, 0.1) is 17.8 Å². The minimum absolute atomic E-state index is 0.00898. The van der Waals surface area contributed by atoms with Gasteiger partial charge >= 0.3 is 0 Å². The number of aliphatic hydroxyl groups is 4. The molecule has 0 spiro atoms. The minimum Gasteiger partial charge on any atom is -0.464 e. The standard InChI is InChI=1S/C71H92Cl2N4O18/c1-5-58-45(3)44(2)46(4)70(92-58)93-59-37-56-65(53-12-8-6-10-51(53)59)50(40-73)42-77(56)64(81)19-17-48-16-14-47(36-55(48)75-62(79)20-22-85-24-26-87-28-30-89-32-34-91-35-33-90-31-29-88-27-25-86-23-21-74)15-18-63(80)76-41-49(39-72)66-54-13-9-7-11-52(54)60(38-57(66)76)94-71-69(84)68(83)67(82)61(43-78)95-71/h6-19,36-38,44-46,49-50,58,61,67-71,78,82-84H,5,20-35,39-43,74H2,1-4H3,(H,75,79)/b18-15+,19-17+/t44-,45+,46+,49+,50+,58+,61+,67-,68-,69+,70-,71+/m0/s1. The molecule has 12 atom stereocenters. The molecule has 22 nitrogen and oxygen atoms in total. The summed E-state index contributed by atoms with van der Waals surface area (Å²) >= 11 is 13.3. The molecule has 5 aromatic carbocycles. The molecule has 5 aromatic rings. The molecule has 9 rings (SSSR count). The zero-order chi connectivity index (χ0) is 67.4. The first-order valence-corrected chi connectivity index (χ1v) is 34.0.